The van der Waals surface area contributed by atoms with Gasteiger partial charge in [0.2, 0.25) is 5.91 Å². The zero-order chi connectivity index (χ0) is 11.5. The lowest BCUT2D eigenvalue weighted by molar-refractivity contribution is -0.119. The summed E-state index contributed by atoms with van der Waals surface area (Å²) in [5, 5.41) is 0. The SMILES string of the molecule is NC(=O)CN1CCOc2ccc(F)cc2C1. The van der Waals surface area contributed by atoms with E-state index >= 15 is 0 Å². The quantitative estimate of drug-likeness (QED) is 0.796. The van der Waals surface area contributed by atoms with Crippen molar-refractivity contribution in [2.45, 2.75) is 6.54 Å². The number of ether oxygens (including phenoxy) is 1. The van der Waals surface area contributed by atoms with Crippen LogP contribution in [-0.2, 0) is 11.3 Å². The van der Waals surface area contributed by atoms with Gasteiger partial charge in [0.05, 0.1) is 6.54 Å². The third kappa shape index (κ3) is 2.49. The molecule has 1 amide bonds. The molecule has 1 heterocycles. The van der Waals surface area contributed by atoms with Crippen LogP contribution in [0.5, 0.6) is 5.75 Å². The van der Waals surface area contributed by atoms with E-state index in [0.717, 1.165) is 5.56 Å². The van der Waals surface area contributed by atoms with Crippen molar-refractivity contribution in [3.05, 3.63) is 29.6 Å². The minimum absolute atomic E-state index is 0.166. The fourth-order valence-electron chi connectivity index (χ4n) is 1.77. The molecular formula is C11H13FN2O2. The Labute approximate surface area is 92.8 Å². The maximum absolute atomic E-state index is 13.1. The number of primary amides is 1. The van der Waals surface area contributed by atoms with Crippen LogP contribution in [0.25, 0.3) is 0 Å². The minimum atomic E-state index is -0.389. The van der Waals surface area contributed by atoms with Crippen LogP contribution in [0.1, 0.15) is 5.56 Å². The topological polar surface area (TPSA) is 55.6 Å². The predicted octanol–water partition coefficient (Wildman–Crippen LogP) is 0.505. The first-order chi connectivity index (χ1) is 7.65. The maximum Gasteiger partial charge on any atom is 0.231 e. The smallest absolute Gasteiger partial charge is 0.231 e. The molecule has 0 atom stereocenters. The molecule has 0 unspecified atom stereocenters. The van der Waals surface area contributed by atoms with Gasteiger partial charge in [-0.3, -0.25) is 9.69 Å². The number of hydrogen-bond acceptors (Lipinski definition) is 3. The van der Waals surface area contributed by atoms with Gasteiger partial charge in [0.15, 0.2) is 0 Å². The first-order valence-corrected chi connectivity index (χ1v) is 5.07. The maximum atomic E-state index is 13.1. The van der Waals surface area contributed by atoms with Gasteiger partial charge in [0, 0.05) is 18.7 Å². The molecule has 0 radical (unpaired) electrons. The van der Waals surface area contributed by atoms with E-state index in [2.05, 4.69) is 0 Å². The largest absolute Gasteiger partial charge is 0.492 e. The van der Waals surface area contributed by atoms with E-state index in [1.54, 1.807) is 6.07 Å². The van der Waals surface area contributed by atoms with Gasteiger partial charge in [-0.25, -0.2) is 4.39 Å². The van der Waals surface area contributed by atoms with E-state index in [9.17, 15) is 9.18 Å². The molecule has 1 aromatic rings. The lowest BCUT2D eigenvalue weighted by Crippen LogP contribution is -2.34. The first-order valence-electron chi connectivity index (χ1n) is 5.07. The number of fused-ring (bicyclic) bond motifs is 1. The Hall–Kier alpha value is -1.62. The Bertz CT molecular complexity index is 409. The van der Waals surface area contributed by atoms with Gasteiger partial charge in [-0.2, -0.15) is 0 Å². The molecule has 0 aliphatic carbocycles. The second kappa shape index (κ2) is 4.49. The Morgan fingerprint density at radius 1 is 1.56 bits per heavy atom. The molecule has 1 aromatic carbocycles. The molecule has 0 saturated carbocycles. The van der Waals surface area contributed by atoms with E-state index in [4.69, 9.17) is 10.5 Å². The third-order valence-corrected chi connectivity index (χ3v) is 2.46. The van der Waals surface area contributed by atoms with Crippen molar-refractivity contribution in [2.24, 2.45) is 5.73 Å². The molecular weight excluding hydrogens is 211 g/mol. The standard InChI is InChI=1S/C11H13FN2O2/c12-9-1-2-10-8(5-9)6-14(3-4-16-10)7-11(13)15/h1-2,5H,3-4,6-7H2,(H2,13,15). The van der Waals surface area contributed by atoms with Crippen molar-refractivity contribution < 1.29 is 13.9 Å². The summed E-state index contributed by atoms with van der Waals surface area (Å²) in [5.74, 6) is -0.0171. The molecule has 0 fully saturated rings. The van der Waals surface area contributed by atoms with Gasteiger partial charge < -0.3 is 10.5 Å². The van der Waals surface area contributed by atoms with Gasteiger partial charge in [0.1, 0.15) is 18.2 Å². The molecule has 0 bridgehead atoms. The summed E-state index contributed by atoms with van der Waals surface area (Å²) in [6.45, 7) is 1.74. The zero-order valence-electron chi connectivity index (χ0n) is 8.78. The normalized spacial score (nSPS) is 16.1. The van der Waals surface area contributed by atoms with Gasteiger partial charge in [-0.05, 0) is 18.2 Å². The van der Waals surface area contributed by atoms with Crippen LogP contribution in [0.15, 0.2) is 18.2 Å². The number of carbonyl (C=O) groups is 1. The summed E-state index contributed by atoms with van der Waals surface area (Å²) in [7, 11) is 0. The third-order valence-electron chi connectivity index (χ3n) is 2.46. The molecule has 4 nitrogen and oxygen atoms in total. The fourth-order valence-corrected chi connectivity index (χ4v) is 1.77. The van der Waals surface area contributed by atoms with E-state index in [1.807, 2.05) is 4.90 Å². The van der Waals surface area contributed by atoms with Gasteiger partial charge in [-0.15, -0.1) is 0 Å². The molecule has 1 aliphatic heterocycles. The lowest BCUT2D eigenvalue weighted by Gasteiger charge is -2.16. The van der Waals surface area contributed by atoms with Crippen LogP contribution in [0, 0.1) is 5.82 Å². The van der Waals surface area contributed by atoms with Crippen molar-refractivity contribution >= 4 is 5.91 Å². The number of hydrogen-bond donors (Lipinski definition) is 1. The van der Waals surface area contributed by atoms with Crippen molar-refractivity contribution in [1.82, 2.24) is 4.90 Å². The summed E-state index contributed by atoms with van der Waals surface area (Å²) in [6.07, 6.45) is 0. The highest BCUT2D eigenvalue weighted by Crippen LogP contribution is 2.23. The monoisotopic (exact) mass is 224 g/mol. The van der Waals surface area contributed by atoms with Gasteiger partial charge in [-0.1, -0.05) is 0 Å². The molecule has 86 valence electrons. The van der Waals surface area contributed by atoms with Crippen LogP contribution in [0.2, 0.25) is 0 Å². The second-order valence-electron chi connectivity index (χ2n) is 3.78. The lowest BCUT2D eigenvalue weighted by atomic mass is 10.2. The number of carbonyl (C=O) groups excluding carboxylic acids is 1. The number of amides is 1. The summed E-state index contributed by atoms with van der Waals surface area (Å²) < 4.78 is 18.5. The zero-order valence-corrected chi connectivity index (χ0v) is 8.78. The van der Waals surface area contributed by atoms with E-state index < -0.39 is 0 Å². The average molecular weight is 224 g/mol. The minimum Gasteiger partial charge on any atom is -0.492 e. The summed E-state index contributed by atoms with van der Waals surface area (Å²) in [5.41, 5.74) is 5.88. The van der Waals surface area contributed by atoms with Crippen LogP contribution in [0.3, 0.4) is 0 Å². The van der Waals surface area contributed by atoms with Crippen LogP contribution in [0.4, 0.5) is 4.39 Å². The predicted molar refractivity (Wildman–Crippen MR) is 56.4 cm³/mol. The number of rotatable bonds is 2. The van der Waals surface area contributed by atoms with Crippen molar-refractivity contribution in [3.63, 3.8) is 0 Å². The second-order valence-corrected chi connectivity index (χ2v) is 3.78. The fraction of sp³-hybridized carbons (Fsp3) is 0.364. The van der Waals surface area contributed by atoms with Gasteiger partial charge in [0.25, 0.3) is 0 Å². The van der Waals surface area contributed by atoms with E-state index in [1.165, 1.54) is 12.1 Å². The summed E-state index contributed by atoms with van der Waals surface area (Å²) in [4.78, 5) is 12.7. The average Bonchev–Trinajstić information content (AvgIpc) is 2.37. The Balaban J connectivity index is 2.19. The molecule has 0 spiro atoms. The highest BCUT2D eigenvalue weighted by molar-refractivity contribution is 5.75. The Morgan fingerprint density at radius 3 is 3.12 bits per heavy atom. The summed E-state index contributed by atoms with van der Waals surface area (Å²) >= 11 is 0. The van der Waals surface area contributed by atoms with Crippen LogP contribution < -0.4 is 10.5 Å². The van der Waals surface area contributed by atoms with Crippen molar-refractivity contribution in [1.29, 1.82) is 0 Å². The Morgan fingerprint density at radius 2 is 2.38 bits per heavy atom. The highest BCUT2D eigenvalue weighted by Gasteiger charge is 2.16. The number of nitrogens with zero attached hydrogens (tertiary/aromatic N) is 1. The Kier molecular flexibility index (Phi) is 3.05. The molecule has 5 heteroatoms. The molecule has 2 N–H and O–H groups in total. The molecule has 2 rings (SSSR count). The molecule has 1 aliphatic rings. The highest BCUT2D eigenvalue weighted by atomic mass is 19.1. The van der Waals surface area contributed by atoms with Crippen LogP contribution in [-0.4, -0.2) is 30.5 Å². The molecule has 0 aromatic heterocycles. The number of halogens is 1. The number of nitrogens with two attached hydrogens (primary N) is 1. The molecule has 0 saturated heterocycles. The van der Waals surface area contributed by atoms with E-state index in [-0.39, 0.29) is 18.3 Å². The van der Waals surface area contributed by atoms with Gasteiger partial charge >= 0.3 is 0 Å². The van der Waals surface area contributed by atoms with Crippen LogP contribution >= 0.6 is 0 Å². The number of benzene rings is 1. The van der Waals surface area contributed by atoms with Crippen molar-refractivity contribution in [2.75, 3.05) is 19.7 Å². The molecule has 16 heavy (non-hydrogen) atoms. The van der Waals surface area contributed by atoms with Crippen molar-refractivity contribution in [3.8, 4) is 5.75 Å². The first kappa shape index (κ1) is 10.9. The van der Waals surface area contributed by atoms with E-state index in [0.29, 0.717) is 25.4 Å². The summed E-state index contributed by atoms with van der Waals surface area (Å²) in [6, 6.07) is 4.40.